The van der Waals surface area contributed by atoms with Crippen LogP contribution in [0, 0.1) is 6.10 Å². The number of hydrogen-bond acceptors (Lipinski definition) is 1. The Bertz CT molecular complexity index is 92.6. The van der Waals surface area contributed by atoms with E-state index in [2.05, 4.69) is 4.74 Å². The van der Waals surface area contributed by atoms with Crippen molar-refractivity contribution in [1.29, 1.82) is 0 Å². The van der Waals surface area contributed by atoms with Gasteiger partial charge in [0.1, 0.15) is 0 Å². The molecule has 1 nitrogen and oxygen atoms in total. The number of hydrogen-bond donors (Lipinski definition) is 0. The number of ether oxygens (including phenoxy) is 1. The zero-order chi connectivity index (χ0) is 5.98. The summed E-state index contributed by atoms with van der Waals surface area (Å²) < 4.78 is 27.5. The van der Waals surface area contributed by atoms with Crippen molar-refractivity contribution in [3.63, 3.8) is 0 Å². The van der Waals surface area contributed by atoms with Crippen molar-refractivity contribution in [2.24, 2.45) is 0 Å². The third-order valence-corrected chi connectivity index (χ3v) is 0.878. The maximum absolute atomic E-state index is 11.5. The van der Waals surface area contributed by atoms with Gasteiger partial charge in [-0.1, -0.05) is 0 Å². The fraction of sp³-hybridized carbons (Fsp3) is 0.400. The predicted molar refractivity (Wildman–Crippen MR) is 24.1 cm³/mol. The molecular weight excluding hydrogens is 114 g/mol. The van der Waals surface area contributed by atoms with Gasteiger partial charge in [-0.3, -0.25) is 0 Å². The Kier molecular flexibility index (Phi) is 1.46. The fourth-order valence-electron chi connectivity index (χ4n) is 0.488. The molecule has 0 amide bonds. The maximum Gasteiger partial charge on any atom is 0.282 e. The molecule has 1 aliphatic heterocycles. The van der Waals surface area contributed by atoms with Crippen molar-refractivity contribution in [3.8, 4) is 0 Å². The van der Waals surface area contributed by atoms with Crippen molar-refractivity contribution in [1.82, 2.24) is 0 Å². The van der Waals surface area contributed by atoms with Crippen LogP contribution in [0.5, 0.6) is 0 Å². The average Bonchev–Trinajstić information content (AvgIpc) is 2.12. The van der Waals surface area contributed by atoms with Gasteiger partial charge in [0.05, 0.1) is 6.26 Å². The lowest BCUT2D eigenvalue weighted by Gasteiger charge is -2.04. The van der Waals surface area contributed by atoms with Gasteiger partial charge in [0.25, 0.3) is 6.43 Å². The van der Waals surface area contributed by atoms with Crippen LogP contribution in [0.1, 0.15) is 6.42 Å². The third-order valence-electron chi connectivity index (χ3n) is 0.878. The average molecular weight is 119 g/mol. The minimum absolute atomic E-state index is 0.148. The van der Waals surface area contributed by atoms with Crippen LogP contribution in [0.25, 0.3) is 0 Å². The fourth-order valence-corrected chi connectivity index (χ4v) is 0.488. The monoisotopic (exact) mass is 119 g/mol. The van der Waals surface area contributed by atoms with Crippen LogP contribution >= 0.6 is 0 Å². The Labute approximate surface area is 45.9 Å². The summed E-state index contributed by atoms with van der Waals surface area (Å²) in [5.74, 6) is 0. The first-order chi connectivity index (χ1) is 3.80. The van der Waals surface area contributed by atoms with Crippen LogP contribution in [-0.4, -0.2) is 6.43 Å². The molecule has 3 heteroatoms. The van der Waals surface area contributed by atoms with Crippen LogP contribution in [0.2, 0.25) is 0 Å². The second-order valence-corrected chi connectivity index (χ2v) is 1.46. The summed E-state index contributed by atoms with van der Waals surface area (Å²) in [6, 6.07) is 0. The highest BCUT2D eigenvalue weighted by Crippen LogP contribution is 2.23. The van der Waals surface area contributed by atoms with E-state index >= 15 is 0 Å². The second kappa shape index (κ2) is 2.11. The van der Waals surface area contributed by atoms with Crippen LogP contribution in [-0.2, 0) is 4.74 Å². The predicted octanol–water partition coefficient (Wildman–Crippen LogP) is 1.72. The van der Waals surface area contributed by atoms with Crippen LogP contribution in [0.3, 0.4) is 0 Å². The summed E-state index contributed by atoms with van der Waals surface area (Å²) in [6.45, 7) is 0. The zero-order valence-electron chi connectivity index (χ0n) is 4.10. The van der Waals surface area contributed by atoms with E-state index in [4.69, 9.17) is 0 Å². The summed E-state index contributed by atoms with van der Waals surface area (Å²) in [4.78, 5) is 0. The Morgan fingerprint density at radius 1 is 1.62 bits per heavy atom. The molecule has 0 unspecified atom stereocenters. The Morgan fingerprint density at radius 3 is 2.62 bits per heavy atom. The smallest absolute Gasteiger partial charge is 0.282 e. The van der Waals surface area contributed by atoms with Crippen LogP contribution in [0.4, 0.5) is 8.78 Å². The summed E-state index contributed by atoms with van der Waals surface area (Å²) in [7, 11) is 0. The van der Waals surface area contributed by atoms with Crippen molar-refractivity contribution >= 4 is 0 Å². The van der Waals surface area contributed by atoms with E-state index < -0.39 is 6.43 Å². The van der Waals surface area contributed by atoms with Crippen molar-refractivity contribution in [2.45, 2.75) is 12.8 Å². The van der Waals surface area contributed by atoms with Crippen molar-refractivity contribution in [2.75, 3.05) is 0 Å². The zero-order valence-corrected chi connectivity index (χ0v) is 4.10. The molecule has 0 saturated carbocycles. The molecule has 0 fully saturated rings. The van der Waals surface area contributed by atoms with Gasteiger partial charge in [0.15, 0.2) is 0 Å². The van der Waals surface area contributed by atoms with Crippen molar-refractivity contribution in [3.05, 3.63) is 18.4 Å². The Morgan fingerprint density at radius 2 is 2.38 bits per heavy atom. The standard InChI is InChI=1S/C5H5F2O/c6-5(7)4-2-1-3-8-4/h1,3,5H,2H2. The number of alkyl halides is 2. The summed E-state index contributed by atoms with van der Waals surface area (Å²) in [5.41, 5.74) is 0. The lowest BCUT2D eigenvalue weighted by Crippen LogP contribution is -2.04. The molecule has 0 atom stereocenters. The first kappa shape index (κ1) is 5.54. The van der Waals surface area contributed by atoms with Gasteiger partial charge in [-0.15, -0.1) is 0 Å². The van der Waals surface area contributed by atoms with E-state index in [1.807, 2.05) is 0 Å². The lowest BCUT2D eigenvalue weighted by atomic mass is 10.3. The van der Waals surface area contributed by atoms with E-state index in [1.165, 1.54) is 6.26 Å². The SMILES string of the molecule is FC(F)[C]1CC=CO1. The summed E-state index contributed by atoms with van der Waals surface area (Å²) in [5, 5.41) is 0. The third kappa shape index (κ3) is 0.967. The number of halogens is 2. The van der Waals surface area contributed by atoms with Gasteiger partial charge in [-0.2, -0.15) is 0 Å². The molecule has 8 heavy (non-hydrogen) atoms. The quantitative estimate of drug-likeness (QED) is 0.510. The van der Waals surface area contributed by atoms with Gasteiger partial charge < -0.3 is 4.74 Å². The lowest BCUT2D eigenvalue weighted by molar-refractivity contribution is 0.0724. The van der Waals surface area contributed by atoms with E-state index in [0.29, 0.717) is 0 Å². The summed E-state index contributed by atoms with van der Waals surface area (Å²) >= 11 is 0. The first-order valence-corrected chi connectivity index (χ1v) is 2.26. The molecule has 1 radical (unpaired) electrons. The molecule has 0 bridgehead atoms. The van der Waals surface area contributed by atoms with E-state index in [0.717, 1.165) is 0 Å². The largest absolute Gasteiger partial charge is 0.484 e. The minimum Gasteiger partial charge on any atom is -0.484 e. The molecule has 0 aromatic heterocycles. The van der Waals surface area contributed by atoms with Gasteiger partial charge in [0, 0.05) is 6.42 Å². The van der Waals surface area contributed by atoms with Crippen LogP contribution < -0.4 is 0 Å². The van der Waals surface area contributed by atoms with Crippen LogP contribution in [0.15, 0.2) is 12.3 Å². The molecule has 1 rings (SSSR count). The number of rotatable bonds is 1. The molecule has 0 aromatic rings. The highest BCUT2D eigenvalue weighted by molar-refractivity contribution is 4.99. The topological polar surface area (TPSA) is 9.23 Å². The first-order valence-electron chi connectivity index (χ1n) is 2.26. The highest BCUT2D eigenvalue weighted by Gasteiger charge is 2.23. The molecular formula is C5H5F2O. The summed E-state index contributed by atoms with van der Waals surface area (Å²) in [6.07, 6.45) is 0.524. The normalized spacial score (nSPS) is 19.9. The van der Waals surface area contributed by atoms with Gasteiger partial charge in [-0.05, 0) is 6.08 Å². The molecule has 1 heterocycles. The molecule has 1 aliphatic rings. The Hall–Kier alpha value is -0.600. The highest BCUT2D eigenvalue weighted by atomic mass is 19.3. The van der Waals surface area contributed by atoms with E-state index in [9.17, 15) is 8.78 Å². The van der Waals surface area contributed by atoms with Crippen molar-refractivity contribution < 1.29 is 13.5 Å². The molecule has 0 spiro atoms. The second-order valence-electron chi connectivity index (χ2n) is 1.46. The van der Waals surface area contributed by atoms with E-state index in [-0.39, 0.29) is 12.5 Å². The minimum atomic E-state index is -2.43. The van der Waals surface area contributed by atoms with E-state index in [1.54, 1.807) is 6.08 Å². The maximum atomic E-state index is 11.5. The molecule has 0 aromatic carbocycles. The molecule has 0 saturated heterocycles. The molecule has 0 aliphatic carbocycles. The van der Waals surface area contributed by atoms with Gasteiger partial charge in [-0.25, -0.2) is 8.78 Å². The molecule has 45 valence electrons. The van der Waals surface area contributed by atoms with Gasteiger partial charge >= 0.3 is 0 Å². The Balaban J connectivity index is 2.29. The molecule has 0 N–H and O–H groups in total. The van der Waals surface area contributed by atoms with Gasteiger partial charge in [0.2, 0.25) is 6.10 Å².